The Kier molecular flexibility index (Phi) is 5.94. The van der Waals surface area contributed by atoms with Gasteiger partial charge in [0.05, 0.1) is 6.54 Å². The number of hydrogen-bond acceptors (Lipinski definition) is 6. The minimum absolute atomic E-state index is 0.0583. The SMILES string of the molecule is CC(C)(C)OC(=O)N1CCC(O)(c2ccc3c(c2F)CN(C2CCC(=O)NC2=O)C3=O)C(C)(C)C1. The average molecular weight is 490 g/mol. The molecule has 0 saturated carbocycles. The van der Waals surface area contributed by atoms with Crippen molar-refractivity contribution in [1.29, 1.82) is 0 Å². The van der Waals surface area contributed by atoms with Crippen LogP contribution in [-0.2, 0) is 26.5 Å². The number of amides is 4. The summed E-state index contributed by atoms with van der Waals surface area (Å²) in [7, 11) is 0. The summed E-state index contributed by atoms with van der Waals surface area (Å²) in [5.74, 6) is -2.14. The zero-order valence-electron chi connectivity index (χ0n) is 20.7. The second-order valence-electron chi connectivity index (χ2n) is 11.2. The highest BCUT2D eigenvalue weighted by Gasteiger charge is 2.52. The van der Waals surface area contributed by atoms with E-state index in [0.29, 0.717) is 0 Å². The van der Waals surface area contributed by atoms with Crippen LogP contribution in [0.5, 0.6) is 0 Å². The second kappa shape index (κ2) is 8.29. The number of nitrogens with zero attached hydrogens (tertiary/aromatic N) is 2. The first-order valence-electron chi connectivity index (χ1n) is 11.8. The molecule has 3 aliphatic heterocycles. The number of nitrogens with one attached hydrogen (secondary N) is 1. The molecular weight excluding hydrogens is 457 g/mol. The van der Waals surface area contributed by atoms with Gasteiger partial charge in [0.1, 0.15) is 23.1 Å². The van der Waals surface area contributed by atoms with Crippen molar-refractivity contribution >= 4 is 23.8 Å². The average Bonchev–Trinajstić information content (AvgIpc) is 3.06. The van der Waals surface area contributed by atoms with Crippen molar-refractivity contribution in [2.24, 2.45) is 5.41 Å². The van der Waals surface area contributed by atoms with E-state index in [0.717, 1.165) is 0 Å². The van der Waals surface area contributed by atoms with Crippen molar-refractivity contribution in [2.45, 2.75) is 77.7 Å². The van der Waals surface area contributed by atoms with Crippen molar-refractivity contribution < 1.29 is 33.4 Å². The molecule has 2 N–H and O–H groups in total. The molecule has 0 spiro atoms. The Morgan fingerprint density at radius 3 is 2.51 bits per heavy atom. The summed E-state index contributed by atoms with van der Waals surface area (Å²) >= 11 is 0. The zero-order valence-corrected chi connectivity index (χ0v) is 20.7. The maximum atomic E-state index is 15.9. The first kappa shape index (κ1) is 25.1. The zero-order chi connectivity index (χ0) is 25.9. The van der Waals surface area contributed by atoms with Crippen LogP contribution in [0.2, 0.25) is 0 Å². The topological polar surface area (TPSA) is 116 Å². The molecule has 0 aromatic heterocycles. The predicted octanol–water partition coefficient (Wildman–Crippen LogP) is 2.44. The number of imide groups is 1. The van der Waals surface area contributed by atoms with E-state index in [1.54, 1.807) is 34.6 Å². The van der Waals surface area contributed by atoms with Gasteiger partial charge in [-0.25, -0.2) is 9.18 Å². The van der Waals surface area contributed by atoms with Gasteiger partial charge >= 0.3 is 6.09 Å². The summed E-state index contributed by atoms with van der Waals surface area (Å²) in [6.45, 7) is 9.04. The summed E-state index contributed by atoms with van der Waals surface area (Å²) in [6.07, 6.45) is -0.129. The number of rotatable bonds is 2. The lowest BCUT2D eigenvalue weighted by atomic mass is 9.66. The van der Waals surface area contributed by atoms with E-state index in [1.165, 1.54) is 21.9 Å². The fourth-order valence-corrected chi connectivity index (χ4v) is 5.23. The number of ether oxygens (including phenoxy) is 1. The lowest BCUT2D eigenvalue weighted by molar-refractivity contribution is -0.137. The fraction of sp³-hybridized carbons (Fsp3) is 0.600. The van der Waals surface area contributed by atoms with Crippen LogP contribution in [0.1, 0.15) is 75.4 Å². The smallest absolute Gasteiger partial charge is 0.410 e. The van der Waals surface area contributed by atoms with E-state index in [4.69, 9.17) is 4.74 Å². The highest BCUT2D eigenvalue weighted by molar-refractivity contribution is 6.05. The number of aliphatic hydroxyl groups is 1. The molecule has 3 heterocycles. The van der Waals surface area contributed by atoms with Gasteiger partial charge in [-0.15, -0.1) is 0 Å². The lowest BCUT2D eigenvalue weighted by Crippen LogP contribution is -2.57. The van der Waals surface area contributed by atoms with Crippen molar-refractivity contribution in [3.05, 3.63) is 34.6 Å². The van der Waals surface area contributed by atoms with Crippen molar-refractivity contribution in [2.75, 3.05) is 13.1 Å². The number of carbonyl (C=O) groups is 4. The minimum atomic E-state index is -1.60. The Morgan fingerprint density at radius 2 is 1.91 bits per heavy atom. The number of benzene rings is 1. The maximum Gasteiger partial charge on any atom is 0.410 e. The van der Waals surface area contributed by atoms with Gasteiger partial charge in [0, 0.05) is 41.6 Å². The summed E-state index contributed by atoms with van der Waals surface area (Å²) in [4.78, 5) is 52.1. The number of carbonyl (C=O) groups excluding carboxylic acids is 4. The third kappa shape index (κ3) is 4.28. The molecule has 1 aromatic carbocycles. The summed E-state index contributed by atoms with van der Waals surface area (Å²) in [5, 5.41) is 14.0. The molecule has 1 aromatic rings. The molecule has 2 saturated heterocycles. The second-order valence-corrected chi connectivity index (χ2v) is 11.2. The van der Waals surface area contributed by atoms with Gasteiger partial charge in [-0.2, -0.15) is 0 Å². The number of fused-ring (bicyclic) bond motifs is 1. The van der Waals surface area contributed by atoms with E-state index < -0.39 is 52.3 Å². The third-order valence-corrected chi connectivity index (χ3v) is 7.20. The Morgan fingerprint density at radius 1 is 1.23 bits per heavy atom. The Hall–Kier alpha value is -3.01. The number of piperidine rings is 2. The van der Waals surface area contributed by atoms with Gasteiger partial charge in [0.15, 0.2) is 0 Å². The quantitative estimate of drug-likeness (QED) is 0.617. The molecule has 0 aliphatic carbocycles. The number of halogens is 1. The molecule has 2 unspecified atom stereocenters. The van der Waals surface area contributed by atoms with Gasteiger partial charge < -0.3 is 19.6 Å². The molecule has 2 fully saturated rings. The van der Waals surface area contributed by atoms with Gasteiger partial charge in [-0.1, -0.05) is 19.9 Å². The lowest BCUT2D eigenvalue weighted by Gasteiger charge is -2.50. The first-order chi connectivity index (χ1) is 16.1. The van der Waals surface area contributed by atoms with Gasteiger partial charge in [-0.05, 0) is 39.7 Å². The van der Waals surface area contributed by atoms with E-state index >= 15 is 4.39 Å². The Labute approximate surface area is 203 Å². The van der Waals surface area contributed by atoms with Crippen LogP contribution in [0.25, 0.3) is 0 Å². The molecule has 0 bridgehead atoms. The molecular formula is C25H32FN3O6. The largest absolute Gasteiger partial charge is 0.444 e. The van der Waals surface area contributed by atoms with Crippen LogP contribution in [0.4, 0.5) is 9.18 Å². The van der Waals surface area contributed by atoms with Crippen LogP contribution in [0, 0.1) is 11.2 Å². The van der Waals surface area contributed by atoms with Gasteiger partial charge in [0.2, 0.25) is 11.8 Å². The maximum absolute atomic E-state index is 15.9. The third-order valence-electron chi connectivity index (χ3n) is 7.20. The highest BCUT2D eigenvalue weighted by Crippen LogP contribution is 2.48. The Bertz CT molecular complexity index is 1110. The summed E-state index contributed by atoms with van der Waals surface area (Å²) in [6, 6.07) is 2.05. The molecule has 10 heteroatoms. The van der Waals surface area contributed by atoms with Gasteiger partial charge in [-0.3, -0.25) is 19.7 Å². The van der Waals surface area contributed by atoms with Crippen LogP contribution in [-0.4, -0.2) is 63.5 Å². The van der Waals surface area contributed by atoms with Gasteiger partial charge in [0.25, 0.3) is 5.91 Å². The number of hydrogen-bond donors (Lipinski definition) is 2. The summed E-state index contributed by atoms with van der Waals surface area (Å²) < 4.78 is 21.4. The molecule has 0 radical (unpaired) electrons. The predicted molar refractivity (Wildman–Crippen MR) is 123 cm³/mol. The van der Waals surface area contributed by atoms with Crippen LogP contribution < -0.4 is 5.32 Å². The standard InChI is InChI=1S/C25H32FN3O6/c1-23(2,3)35-22(33)28-11-10-25(34,24(4,5)13-28)16-7-6-14-15(19(16)26)12-29(21(14)32)17-8-9-18(30)27-20(17)31/h6-7,17,34H,8-13H2,1-5H3,(H,27,30,31). The van der Waals surface area contributed by atoms with Crippen LogP contribution in [0.15, 0.2) is 12.1 Å². The summed E-state index contributed by atoms with van der Waals surface area (Å²) in [5.41, 5.74) is -2.87. The van der Waals surface area contributed by atoms with E-state index in [1.807, 2.05) is 0 Å². The highest BCUT2D eigenvalue weighted by atomic mass is 19.1. The van der Waals surface area contributed by atoms with Crippen molar-refractivity contribution in [1.82, 2.24) is 15.1 Å². The normalized spacial score (nSPS) is 26.5. The molecule has 3 aliphatic rings. The van der Waals surface area contributed by atoms with E-state index in [9.17, 15) is 24.3 Å². The Balaban J connectivity index is 1.60. The number of likely N-dealkylation sites (tertiary alicyclic amines) is 1. The van der Waals surface area contributed by atoms with Crippen molar-refractivity contribution in [3.63, 3.8) is 0 Å². The van der Waals surface area contributed by atoms with E-state index in [-0.39, 0.29) is 55.6 Å². The van der Waals surface area contributed by atoms with Crippen molar-refractivity contribution in [3.8, 4) is 0 Å². The molecule has 35 heavy (non-hydrogen) atoms. The first-order valence-corrected chi connectivity index (χ1v) is 11.8. The fourth-order valence-electron chi connectivity index (χ4n) is 5.23. The minimum Gasteiger partial charge on any atom is -0.444 e. The molecule has 4 rings (SSSR count). The van der Waals surface area contributed by atoms with Crippen LogP contribution >= 0.6 is 0 Å². The molecule has 190 valence electrons. The molecule has 9 nitrogen and oxygen atoms in total. The van der Waals surface area contributed by atoms with Crippen LogP contribution in [0.3, 0.4) is 0 Å². The monoisotopic (exact) mass is 489 g/mol. The molecule has 2 atom stereocenters. The van der Waals surface area contributed by atoms with E-state index in [2.05, 4.69) is 5.32 Å². The molecule has 4 amide bonds.